The smallest absolute Gasteiger partial charge is 0.220 e. The Morgan fingerprint density at radius 3 is 2.39 bits per heavy atom. The molecule has 8 heteroatoms. The van der Waals surface area contributed by atoms with Gasteiger partial charge in [-0.15, -0.1) is 0 Å². The Hall–Kier alpha value is -2.97. The maximum atomic E-state index is 12.4. The van der Waals surface area contributed by atoms with E-state index in [1.54, 1.807) is 21.3 Å². The van der Waals surface area contributed by atoms with Crippen LogP contribution in [0, 0.1) is 0 Å². The van der Waals surface area contributed by atoms with Gasteiger partial charge in [0.2, 0.25) is 11.7 Å². The fraction of sp³-hybridized carbons (Fsp3) is 0.480. The van der Waals surface area contributed by atoms with Crippen LogP contribution in [0.25, 0.3) is 0 Å². The van der Waals surface area contributed by atoms with Crippen LogP contribution < -0.4 is 24.3 Å². The van der Waals surface area contributed by atoms with Gasteiger partial charge in [0.25, 0.3) is 0 Å². The zero-order chi connectivity index (χ0) is 23.5. The third kappa shape index (κ3) is 7.54. The van der Waals surface area contributed by atoms with Crippen molar-refractivity contribution in [2.45, 2.75) is 19.4 Å². The van der Waals surface area contributed by atoms with Crippen molar-refractivity contribution in [2.24, 2.45) is 0 Å². The minimum Gasteiger partial charge on any atom is -0.493 e. The van der Waals surface area contributed by atoms with Gasteiger partial charge in [0.15, 0.2) is 11.5 Å². The molecule has 180 valence electrons. The fourth-order valence-corrected chi connectivity index (χ4v) is 3.69. The molecule has 1 saturated heterocycles. The highest BCUT2D eigenvalue weighted by Crippen LogP contribution is 2.38. The standard InChI is InChI=1S/C25H34N2O6/c1-29-22-16-19(17-23(30-2)25(22)31-3)7-8-24(28)26-18-20-5-4-6-21(15-20)33-14-11-27-9-12-32-13-10-27/h4-6,15-17H,7-14,18H2,1-3H3,(H,26,28). The van der Waals surface area contributed by atoms with E-state index in [1.165, 1.54) is 0 Å². The summed E-state index contributed by atoms with van der Waals surface area (Å²) in [5.74, 6) is 2.49. The number of amides is 1. The zero-order valence-corrected chi connectivity index (χ0v) is 19.7. The first kappa shape index (κ1) is 24.7. The number of hydrogen-bond acceptors (Lipinski definition) is 7. The molecule has 0 unspecified atom stereocenters. The molecule has 0 aromatic heterocycles. The molecule has 0 radical (unpaired) electrons. The van der Waals surface area contributed by atoms with Gasteiger partial charge in [-0.1, -0.05) is 12.1 Å². The summed E-state index contributed by atoms with van der Waals surface area (Å²) >= 11 is 0. The average Bonchev–Trinajstić information content (AvgIpc) is 2.86. The summed E-state index contributed by atoms with van der Waals surface area (Å²) in [6.07, 6.45) is 0.918. The summed E-state index contributed by atoms with van der Waals surface area (Å²) in [5, 5.41) is 2.98. The van der Waals surface area contributed by atoms with Crippen LogP contribution in [0.2, 0.25) is 0 Å². The summed E-state index contributed by atoms with van der Waals surface area (Å²) in [7, 11) is 4.72. The van der Waals surface area contributed by atoms with Gasteiger partial charge in [-0.3, -0.25) is 9.69 Å². The van der Waals surface area contributed by atoms with E-state index >= 15 is 0 Å². The topological polar surface area (TPSA) is 78.5 Å². The van der Waals surface area contributed by atoms with Crippen LogP contribution in [0.15, 0.2) is 36.4 Å². The minimum absolute atomic E-state index is 0.0256. The number of ether oxygens (including phenoxy) is 5. The molecule has 3 rings (SSSR count). The lowest BCUT2D eigenvalue weighted by Gasteiger charge is -2.26. The van der Waals surface area contributed by atoms with E-state index in [2.05, 4.69) is 10.2 Å². The Morgan fingerprint density at radius 2 is 1.73 bits per heavy atom. The van der Waals surface area contributed by atoms with Crippen molar-refractivity contribution in [1.29, 1.82) is 0 Å². The third-order valence-corrected chi connectivity index (χ3v) is 5.53. The van der Waals surface area contributed by atoms with Crippen LogP contribution >= 0.6 is 0 Å². The van der Waals surface area contributed by atoms with Crippen LogP contribution in [-0.4, -0.2) is 71.6 Å². The van der Waals surface area contributed by atoms with Crippen LogP contribution in [-0.2, 0) is 22.5 Å². The number of nitrogens with zero attached hydrogens (tertiary/aromatic N) is 1. The summed E-state index contributed by atoms with van der Waals surface area (Å²) in [4.78, 5) is 14.7. The molecule has 0 atom stereocenters. The molecule has 1 aliphatic heterocycles. The highest BCUT2D eigenvalue weighted by atomic mass is 16.5. The Morgan fingerprint density at radius 1 is 1.00 bits per heavy atom. The summed E-state index contributed by atoms with van der Waals surface area (Å²) in [6.45, 7) is 5.44. The van der Waals surface area contributed by atoms with E-state index in [9.17, 15) is 4.79 Å². The molecule has 1 aliphatic rings. The molecular formula is C25H34N2O6. The van der Waals surface area contributed by atoms with E-state index in [0.29, 0.717) is 43.2 Å². The van der Waals surface area contributed by atoms with Gasteiger partial charge in [-0.2, -0.15) is 0 Å². The van der Waals surface area contributed by atoms with E-state index in [1.807, 2.05) is 36.4 Å². The maximum Gasteiger partial charge on any atom is 0.220 e. The molecule has 33 heavy (non-hydrogen) atoms. The lowest BCUT2D eigenvalue weighted by atomic mass is 10.1. The quantitative estimate of drug-likeness (QED) is 0.524. The van der Waals surface area contributed by atoms with Gasteiger partial charge in [0.05, 0.1) is 34.5 Å². The Labute approximate surface area is 195 Å². The monoisotopic (exact) mass is 458 g/mol. The van der Waals surface area contributed by atoms with Gasteiger partial charge in [-0.25, -0.2) is 0 Å². The first-order valence-corrected chi connectivity index (χ1v) is 11.2. The van der Waals surface area contributed by atoms with Crippen molar-refractivity contribution < 1.29 is 28.5 Å². The summed E-state index contributed by atoms with van der Waals surface area (Å²) in [6, 6.07) is 11.6. The van der Waals surface area contributed by atoms with E-state index in [4.69, 9.17) is 23.7 Å². The Balaban J connectivity index is 1.44. The molecule has 0 spiro atoms. The molecule has 1 N–H and O–H groups in total. The number of rotatable bonds is 12. The molecule has 1 fully saturated rings. The van der Waals surface area contributed by atoms with Crippen molar-refractivity contribution in [3.05, 3.63) is 47.5 Å². The molecule has 2 aromatic rings. The number of nitrogens with one attached hydrogen (secondary N) is 1. The molecule has 1 amide bonds. The molecule has 0 aliphatic carbocycles. The average molecular weight is 459 g/mol. The SMILES string of the molecule is COc1cc(CCC(=O)NCc2cccc(OCCN3CCOCC3)c2)cc(OC)c1OC. The number of benzene rings is 2. The van der Waals surface area contributed by atoms with Gasteiger partial charge in [0.1, 0.15) is 12.4 Å². The molecule has 8 nitrogen and oxygen atoms in total. The number of carbonyl (C=O) groups is 1. The Kier molecular flexibility index (Phi) is 9.65. The van der Waals surface area contributed by atoms with Crippen molar-refractivity contribution in [3.63, 3.8) is 0 Å². The highest BCUT2D eigenvalue weighted by Gasteiger charge is 2.14. The minimum atomic E-state index is -0.0256. The zero-order valence-electron chi connectivity index (χ0n) is 19.7. The van der Waals surface area contributed by atoms with Crippen molar-refractivity contribution in [3.8, 4) is 23.0 Å². The summed E-state index contributed by atoms with van der Waals surface area (Å²) < 4.78 is 27.4. The van der Waals surface area contributed by atoms with Gasteiger partial charge < -0.3 is 29.0 Å². The molecule has 1 heterocycles. The number of hydrogen-bond donors (Lipinski definition) is 1. The van der Waals surface area contributed by atoms with E-state index in [0.717, 1.165) is 49.7 Å². The number of methoxy groups -OCH3 is 3. The highest BCUT2D eigenvalue weighted by molar-refractivity contribution is 5.76. The van der Waals surface area contributed by atoms with Gasteiger partial charge >= 0.3 is 0 Å². The van der Waals surface area contributed by atoms with E-state index < -0.39 is 0 Å². The predicted molar refractivity (Wildman–Crippen MR) is 125 cm³/mol. The van der Waals surface area contributed by atoms with Gasteiger partial charge in [-0.05, 0) is 41.8 Å². The Bertz CT molecular complexity index is 873. The lowest BCUT2D eigenvalue weighted by molar-refractivity contribution is -0.121. The number of aryl methyl sites for hydroxylation is 1. The van der Waals surface area contributed by atoms with Crippen LogP contribution in [0.3, 0.4) is 0 Å². The van der Waals surface area contributed by atoms with E-state index in [-0.39, 0.29) is 5.91 Å². The van der Waals surface area contributed by atoms with Crippen LogP contribution in [0.4, 0.5) is 0 Å². The summed E-state index contributed by atoms with van der Waals surface area (Å²) in [5.41, 5.74) is 1.94. The van der Waals surface area contributed by atoms with Crippen LogP contribution in [0.1, 0.15) is 17.5 Å². The lowest BCUT2D eigenvalue weighted by Crippen LogP contribution is -2.38. The van der Waals surface area contributed by atoms with Crippen LogP contribution in [0.5, 0.6) is 23.0 Å². The van der Waals surface area contributed by atoms with Crippen molar-refractivity contribution in [2.75, 3.05) is 60.8 Å². The number of carbonyl (C=O) groups excluding carboxylic acids is 1. The number of morpholine rings is 1. The second kappa shape index (κ2) is 12.9. The first-order valence-electron chi connectivity index (χ1n) is 11.2. The molecular weight excluding hydrogens is 424 g/mol. The van der Waals surface area contributed by atoms with Crippen molar-refractivity contribution >= 4 is 5.91 Å². The largest absolute Gasteiger partial charge is 0.493 e. The molecule has 2 aromatic carbocycles. The molecule has 0 bridgehead atoms. The second-order valence-corrected chi connectivity index (χ2v) is 7.76. The second-order valence-electron chi connectivity index (χ2n) is 7.76. The predicted octanol–water partition coefficient (Wildman–Crippen LogP) is 2.67. The third-order valence-electron chi connectivity index (χ3n) is 5.53. The molecule has 0 saturated carbocycles. The maximum absolute atomic E-state index is 12.4. The van der Waals surface area contributed by atoms with Crippen molar-refractivity contribution in [1.82, 2.24) is 10.2 Å². The first-order chi connectivity index (χ1) is 16.1. The fourth-order valence-electron chi connectivity index (χ4n) is 3.69. The van der Waals surface area contributed by atoms with Gasteiger partial charge in [0, 0.05) is 32.6 Å². The normalized spacial score (nSPS) is 13.9.